The number of nitrogens with zero attached hydrogens (tertiary/aromatic N) is 3. The van der Waals surface area contributed by atoms with Gasteiger partial charge in [-0.15, -0.1) is 0 Å². The van der Waals surface area contributed by atoms with Crippen LogP contribution in [0.15, 0.2) is 35.0 Å². The molecular weight excluding hydrogens is 244 g/mol. The molecule has 0 spiro atoms. The highest BCUT2D eigenvalue weighted by Crippen LogP contribution is 2.25. The molecule has 3 aromatic rings. The van der Waals surface area contributed by atoms with Gasteiger partial charge in [0.1, 0.15) is 17.3 Å². The Kier molecular flexibility index (Phi) is 2.72. The third-order valence-corrected chi connectivity index (χ3v) is 2.96. The Labute approximate surface area is 109 Å². The van der Waals surface area contributed by atoms with E-state index >= 15 is 0 Å². The minimum Gasteiger partial charge on any atom is -0.497 e. The van der Waals surface area contributed by atoms with E-state index in [-0.39, 0.29) is 0 Å². The number of methoxy groups -OCH3 is 1. The third-order valence-electron chi connectivity index (χ3n) is 2.96. The Morgan fingerprint density at radius 3 is 2.95 bits per heavy atom. The van der Waals surface area contributed by atoms with E-state index < -0.39 is 6.04 Å². The summed E-state index contributed by atoms with van der Waals surface area (Å²) in [5.74, 6) is 1.20. The second kappa shape index (κ2) is 4.40. The number of benzene rings is 1. The smallest absolute Gasteiger partial charge is 0.217 e. The number of rotatable bonds is 3. The molecule has 2 heterocycles. The summed E-state index contributed by atoms with van der Waals surface area (Å²) >= 11 is 0. The van der Waals surface area contributed by atoms with Crippen LogP contribution in [0.25, 0.3) is 11.1 Å². The molecule has 19 heavy (non-hydrogen) atoms. The first-order chi connectivity index (χ1) is 9.17. The van der Waals surface area contributed by atoms with E-state index in [2.05, 4.69) is 10.1 Å². The van der Waals surface area contributed by atoms with Gasteiger partial charge in [0.05, 0.1) is 13.3 Å². The molecule has 2 N–H and O–H groups in total. The summed E-state index contributed by atoms with van der Waals surface area (Å²) in [5, 5.41) is 4.09. The zero-order valence-electron chi connectivity index (χ0n) is 10.7. The molecule has 0 saturated carbocycles. The topological polar surface area (TPSA) is 79.1 Å². The van der Waals surface area contributed by atoms with Crippen LogP contribution in [0.1, 0.15) is 17.5 Å². The highest BCUT2D eigenvalue weighted by atomic mass is 16.5. The minimum atomic E-state index is -0.424. The van der Waals surface area contributed by atoms with Gasteiger partial charge in [0.25, 0.3) is 0 Å². The van der Waals surface area contributed by atoms with Crippen LogP contribution in [0.2, 0.25) is 0 Å². The average Bonchev–Trinajstić information content (AvgIpc) is 3.02. The molecule has 0 saturated heterocycles. The maximum absolute atomic E-state index is 6.12. The molecular formula is C13H14N4O2. The normalized spacial score (nSPS) is 12.8. The van der Waals surface area contributed by atoms with E-state index in [1.54, 1.807) is 24.1 Å². The second-order valence-electron chi connectivity index (χ2n) is 4.31. The molecule has 2 aromatic heterocycles. The molecule has 1 aromatic carbocycles. The Balaban J connectivity index is 2.00. The Morgan fingerprint density at radius 2 is 2.26 bits per heavy atom. The second-order valence-corrected chi connectivity index (χ2v) is 4.31. The zero-order chi connectivity index (χ0) is 13.4. The van der Waals surface area contributed by atoms with Gasteiger partial charge < -0.3 is 14.9 Å². The molecule has 6 heteroatoms. The zero-order valence-corrected chi connectivity index (χ0v) is 10.7. The maximum atomic E-state index is 6.12. The minimum absolute atomic E-state index is 0.424. The molecule has 98 valence electrons. The summed E-state index contributed by atoms with van der Waals surface area (Å²) in [5.41, 5.74) is 8.41. The van der Waals surface area contributed by atoms with Crippen molar-refractivity contribution in [1.82, 2.24) is 14.8 Å². The van der Waals surface area contributed by atoms with Gasteiger partial charge in [0.15, 0.2) is 5.58 Å². The molecule has 3 rings (SSSR count). The van der Waals surface area contributed by atoms with Crippen molar-refractivity contribution in [3.63, 3.8) is 0 Å². The largest absolute Gasteiger partial charge is 0.497 e. The van der Waals surface area contributed by atoms with Gasteiger partial charge in [-0.25, -0.2) is 4.98 Å². The predicted octanol–water partition coefficient (Wildman–Crippen LogP) is 1.62. The lowest BCUT2D eigenvalue weighted by atomic mass is 10.2. The van der Waals surface area contributed by atoms with Crippen molar-refractivity contribution in [1.29, 1.82) is 0 Å². The van der Waals surface area contributed by atoms with Crippen LogP contribution in [0.3, 0.4) is 0 Å². The van der Waals surface area contributed by atoms with Crippen LogP contribution in [0, 0.1) is 0 Å². The number of hydrogen-bond acceptors (Lipinski definition) is 5. The fraction of sp³-hybridized carbons (Fsp3) is 0.231. The molecule has 6 nitrogen and oxygen atoms in total. The van der Waals surface area contributed by atoms with Crippen molar-refractivity contribution >= 4 is 11.1 Å². The fourth-order valence-electron chi connectivity index (χ4n) is 1.93. The quantitative estimate of drug-likeness (QED) is 0.772. The van der Waals surface area contributed by atoms with Gasteiger partial charge in [0.2, 0.25) is 5.89 Å². The molecule has 0 radical (unpaired) electrons. The average molecular weight is 258 g/mol. The van der Waals surface area contributed by atoms with E-state index in [4.69, 9.17) is 14.9 Å². The highest BCUT2D eigenvalue weighted by Gasteiger charge is 2.17. The molecule has 0 amide bonds. The monoisotopic (exact) mass is 258 g/mol. The van der Waals surface area contributed by atoms with Crippen molar-refractivity contribution in [2.75, 3.05) is 7.11 Å². The molecule has 0 aliphatic carbocycles. The molecule has 0 aliphatic rings. The van der Waals surface area contributed by atoms with E-state index in [0.29, 0.717) is 11.5 Å². The van der Waals surface area contributed by atoms with E-state index in [0.717, 1.165) is 16.8 Å². The van der Waals surface area contributed by atoms with Gasteiger partial charge in [-0.1, -0.05) is 0 Å². The van der Waals surface area contributed by atoms with Crippen LogP contribution in [-0.4, -0.2) is 21.9 Å². The van der Waals surface area contributed by atoms with Crippen molar-refractivity contribution in [3.8, 4) is 5.75 Å². The van der Waals surface area contributed by atoms with E-state index in [1.807, 2.05) is 25.4 Å². The molecule has 0 fully saturated rings. The summed E-state index contributed by atoms with van der Waals surface area (Å²) in [7, 11) is 3.45. The Bertz CT molecular complexity index is 716. The summed E-state index contributed by atoms with van der Waals surface area (Å²) in [6.07, 6.45) is 3.56. The van der Waals surface area contributed by atoms with Gasteiger partial charge in [-0.3, -0.25) is 4.68 Å². The molecule has 1 unspecified atom stereocenters. The lowest BCUT2D eigenvalue weighted by molar-refractivity contribution is 0.414. The summed E-state index contributed by atoms with van der Waals surface area (Å²) in [6, 6.07) is 5.05. The number of fused-ring (bicyclic) bond motifs is 1. The lowest BCUT2D eigenvalue weighted by Crippen LogP contribution is -2.11. The first-order valence-electron chi connectivity index (χ1n) is 5.86. The van der Waals surface area contributed by atoms with Gasteiger partial charge >= 0.3 is 0 Å². The summed E-state index contributed by atoms with van der Waals surface area (Å²) in [4.78, 5) is 4.39. The van der Waals surface area contributed by atoms with Crippen LogP contribution >= 0.6 is 0 Å². The van der Waals surface area contributed by atoms with Crippen LogP contribution < -0.4 is 10.5 Å². The molecule has 0 aliphatic heterocycles. The van der Waals surface area contributed by atoms with Crippen molar-refractivity contribution in [3.05, 3.63) is 42.0 Å². The van der Waals surface area contributed by atoms with E-state index in [9.17, 15) is 0 Å². The predicted molar refractivity (Wildman–Crippen MR) is 69.8 cm³/mol. The number of nitrogens with two attached hydrogens (primary N) is 1. The SMILES string of the molecule is COc1ccc2nc(C(N)c3cnn(C)c3)oc2c1. The fourth-order valence-corrected chi connectivity index (χ4v) is 1.93. The van der Waals surface area contributed by atoms with Crippen molar-refractivity contribution in [2.45, 2.75) is 6.04 Å². The van der Waals surface area contributed by atoms with Gasteiger partial charge in [0, 0.05) is 24.9 Å². The Hall–Kier alpha value is -2.34. The van der Waals surface area contributed by atoms with Crippen molar-refractivity contribution in [2.24, 2.45) is 12.8 Å². The number of ether oxygens (including phenoxy) is 1. The highest BCUT2D eigenvalue weighted by molar-refractivity contribution is 5.74. The molecule has 1 atom stereocenters. The maximum Gasteiger partial charge on any atom is 0.217 e. The van der Waals surface area contributed by atoms with Gasteiger partial charge in [-0.05, 0) is 12.1 Å². The number of aryl methyl sites for hydroxylation is 1. The lowest BCUT2D eigenvalue weighted by Gasteiger charge is -2.02. The van der Waals surface area contributed by atoms with Crippen molar-refractivity contribution < 1.29 is 9.15 Å². The Morgan fingerprint density at radius 1 is 1.42 bits per heavy atom. The van der Waals surface area contributed by atoms with Gasteiger partial charge in [-0.2, -0.15) is 5.10 Å². The van der Waals surface area contributed by atoms with Crippen LogP contribution in [0.4, 0.5) is 0 Å². The first-order valence-corrected chi connectivity index (χ1v) is 5.86. The first kappa shape index (κ1) is 11.7. The van der Waals surface area contributed by atoms with Crippen LogP contribution in [0.5, 0.6) is 5.75 Å². The summed E-state index contributed by atoms with van der Waals surface area (Å²) < 4.78 is 12.5. The third kappa shape index (κ3) is 2.06. The number of aromatic nitrogens is 3. The molecule has 0 bridgehead atoms. The number of hydrogen-bond donors (Lipinski definition) is 1. The summed E-state index contributed by atoms with van der Waals surface area (Å²) in [6.45, 7) is 0. The number of oxazole rings is 1. The standard InChI is InChI=1S/C13H14N4O2/c1-17-7-8(6-15-17)12(14)13-16-10-4-3-9(18-2)5-11(10)19-13/h3-7,12H,14H2,1-2H3. The van der Waals surface area contributed by atoms with Crippen LogP contribution in [-0.2, 0) is 7.05 Å². The van der Waals surface area contributed by atoms with E-state index in [1.165, 1.54) is 0 Å².